The van der Waals surface area contributed by atoms with Gasteiger partial charge in [0.05, 0.1) is 18.4 Å². The number of amides is 1. The number of aliphatic hydroxyl groups is 2. The molecule has 2 atom stereocenters. The van der Waals surface area contributed by atoms with Crippen LogP contribution in [0.3, 0.4) is 0 Å². The average Bonchev–Trinajstić information content (AvgIpc) is 2.85. The van der Waals surface area contributed by atoms with Crippen LogP contribution >= 0.6 is 11.6 Å². The maximum absolute atomic E-state index is 12.4. The predicted molar refractivity (Wildman–Crippen MR) is 135 cm³/mol. The molecule has 35 heavy (non-hydrogen) atoms. The van der Waals surface area contributed by atoms with Crippen molar-refractivity contribution in [1.82, 2.24) is 9.88 Å². The summed E-state index contributed by atoms with van der Waals surface area (Å²) in [6, 6.07) is 15.6. The summed E-state index contributed by atoms with van der Waals surface area (Å²) in [6.07, 6.45) is 0.923. The molecular formula is C26H28ClN3O5. The smallest absolute Gasteiger partial charge is 0.251 e. The van der Waals surface area contributed by atoms with Crippen LogP contribution in [0.1, 0.15) is 45.0 Å². The number of oxime groups is 1. The van der Waals surface area contributed by atoms with Crippen LogP contribution in [-0.2, 0) is 7.05 Å². The number of carbonyl (C=O) groups is 1. The lowest BCUT2D eigenvalue weighted by Gasteiger charge is -2.21. The maximum atomic E-state index is 12.4. The van der Waals surface area contributed by atoms with Crippen molar-refractivity contribution in [3.63, 3.8) is 0 Å². The minimum atomic E-state index is -1.02. The molecule has 0 aliphatic rings. The number of aliphatic hydroxyl groups excluding tert-OH is 2. The first-order valence-electron chi connectivity index (χ1n) is 11.0. The van der Waals surface area contributed by atoms with E-state index in [4.69, 9.17) is 16.7 Å². The number of nitrogens with one attached hydrogen (secondary N) is 1. The molecule has 3 aromatic rings. The van der Waals surface area contributed by atoms with Gasteiger partial charge in [-0.2, -0.15) is 0 Å². The van der Waals surface area contributed by atoms with Crippen LogP contribution in [0.5, 0.6) is 0 Å². The van der Waals surface area contributed by atoms with Crippen molar-refractivity contribution in [1.29, 1.82) is 0 Å². The lowest BCUT2D eigenvalue weighted by atomic mass is 9.83. The third kappa shape index (κ3) is 6.57. The van der Waals surface area contributed by atoms with Gasteiger partial charge in [0.25, 0.3) is 5.91 Å². The van der Waals surface area contributed by atoms with Gasteiger partial charge in [-0.15, -0.1) is 0 Å². The molecule has 0 bridgehead atoms. The topological polar surface area (TPSA) is 124 Å². The second-order valence-electron chi connectivity index (χ2n) is 8.34. The van der Waals surface area contributed by atoms with Crippen molar-refractivity contribution in [3.05, 3.63) is 104 Å². The van der Waals surface area contributed by atoms with Crippen LogP contribution in [-0.4, -0.2) is 50.9 Å². The van der Waals surface area contributed by atoms with Crippen LogP contribution in [0.4, 0.5) is 0 Å². The molecule has 9 heteroatoms. The summed E-state index contributed by atoms with van der Waals surface area (Å²) in [4.78, 5) is 24.2. The maximum Gasteiger partial charge on any atom is 0.251 e. The van der Waals surface area contributed by atoms with E-state index in [9.17, 15) is 19.9 Å². The SMILES string of the molecule is Cc1cc(Cl)ccc1C(C/C(=N/O)c1ccc(=O)n(C)c1)c1ccc(C(=O)NC[C@@H](O)CO)cc1. The molecule has 1 unspecified atom stereocenters. The predicted octanol–water partition coefficient (Wildman–Crippen LogP) is 2.83. The summed E-state index contributed by atoms with van der Waals surface area (Å²) in [6.45, 7) is 1.45. The Balaban J connectivity index is 1.95. The molecule has 0 fully saturated rings. The number of pyridine rings is 1. The molecule has 4 N–H and O–H groups in total. The van der Waals surface area contributed by atoms with E-state index in [2.05, 4.69) is 10.5 Å². The monoisotopic (exact) mass is 497 g/mol. The van der Waals surface area contributed by atoms with Crippen molar-refractivity contribution in [3.8, 4) is 0 Å². The number of nitrogens with zero attached hydrogens (tertiary/aromatic N) is 2. The Hall–Kier alpha value is -3.46. The molecule has 0 radical (unpaired) electrons. The summed E-state index contributed by atoms with van der Waals surface area (Å²) >= 11 is 6.17. The lowest BCUT2D eigenvalue weighted by molar-refractivity contribution is 0.0802. The molecule has 0 aliphatic heterocycles. The van der Waals surface area contributed by atoms with E-state index >= 15 is 0 Å². The summed E-state index contributed by atoms with van der Waals surface area (Å²) in [5.74, 6) is -0.602. The molecule has 1 amide bonds. The third-order valence-electron chi connectivity index (χ3n) is 5.83. The molecule has 0 aliphatic carbocycles. The zero-order valence-electron chi connectivity index (χ0n) is 19.5. The quantitative estimate of drug-likeness (QED) is 0.205. The zero-order chi connectivity index (χ0) is 25.5. The van der Waals surface area contributed by atoms with Crippen molar-refractivity contribution >= 4 is 23.2 Å². The van der Waals surface area contributed by atoms with E-state index in [1.54, 1.807) is 37.5 Å². The Morgan fingerprint density at radius 3 is 2.40 bits per heavy atom. The van der Waals surface area contributed by atoms with Crippen LogP contribution in [0.15, 0.2) is 70.7 Å². The Morgan fingerprint density at radius 1 is 1.11 bits per heavy atom. The number of rotatable bonds is 9. The summed E-state index contributed by atoms with van der Waals surface area (Å²) in [5.41, 5.74) is 4.07. The van der Waals surface area contributed by atoms with Gasteiger partial charge < -0.3 is 25.3 Å². The molecule has 184 valence electrons. The van der Waals surface area contributed by atoms with Gasteiger partial charge in [-0.25, -0.2) is 0 Å². The first-order chi connectivity index (χ1) is 16.7. The summed E-state index contributed by atoms with van der Waals surface area (Å²) in [7, 11) is 1.63. The highest BCUT2D eigenvalue weighted by Gasteiger charge is 2.21. The number of benzene rings is 2. The Labute approximate surface area is 208 Å². The summed E-state index contributed by atoms with van der Waals surface area (Å²) < 4.78 is 1.42. The number of hydrogen-bond donors (Lipinski definition) is 4. The van der Waals surface area contributed by atoms with Gasteiger partial charge in [-0.1, -0.05) is 35.0 Å². The molecular weight excluding hydrogens is 470 g/mol. The molecule has 1 aromatic heterocycles. The zero-order valence-corrected chi connectivity index (χ0v) is 20.2. The van der Waals surface area contributed by atoms with Gasteiger partial charge in [0, 0.05) is 54.3 Å². The van der Waals surface area contributed by atoms with Crippen molar-refractivity contribution in [2.24, 2.45) is 12.2 Å². The van der Waals surface area contributed by atoms with E-state index in [-0.39, 0.29) is 23.9 Å². The van der Waals surface area contributed by atoms with E-state index in [0.29, 0.717) is 28.3 Å². The molecule has 0 saturated carbocycles. The van der Waals surface area contributed by atoms with E-state index in [1.807, 2.05) is 31.2 Å². The minimum absolute atomic E-state index is 0.0560. The fraction of sp³-hybridized carbons (Fsp3) is 0.269. The fourth-order valence-electron chi connectivity index (χ4n) is 3.86. The standard InChI is InChI=1S/C26H28ClN3O5/c1-16-11-20(27)8-9-22(16)23(12-24(29-35)19-7-10-25(33)30(2)14-19)17-3-5-18(6-4-17)26(34)28-13-21(32)15-31/h3-11,14,21,23,31-32,35H,12-13,15H2,1-2H3,(H,28,34)/b29-24-/t21-,23?/m1/s1. The lowest BCUT2D eigenvalue weighted by Crippen LogP contribution is -2.33. The molecule has 0 spiro atoms. The number of hydrogen-bond acceptors (Lipinski definition) is 6. The van der Waals surface area contributed by atoms with Gasteiger partial charge in [-0.05, 0) is 53.9 Å². The highest BCUT2D eigenvalue weighted by molar-refractivity contribution is 6.30. The van der Waals surface area contributed by atoms with E-state index in [1.165, 1.54) is 10.6 Å². The average molecular weight is 498 g/mol. The highest BCUT2D eigenvalue weighted by Crippen LogP contribution is 2.33. The summed E-state index contributed by atoms with van der Waals surface area (Å²) in [5, 5.41) is 34.9. The van der Waals surface area contributed by atoms with Crippen LogP contribution < -0.4 is 10.9 Å². The van der Waals surface area contributed by atoms with Crippen molar-refractivity contribution < 1.29 is 20.2 Å². The second kappa shape index (κ2) is 11.8. The molecule has 2 aromatic carbocycles. The Kier molecular flexibility index (Phi) is 8.81. The van der Waals surface area contributed by atoms with Gasteiger partial charge in [-0.3, -0.25) is 9.59 Å². The highest BCUT2D eigenvalue weighted by atomic mass is 35.5. The number of aryl methyl sites for hydroxylation is 2. The van der Waals surface area contributed by atoms with Crippen LogP contribution in [0.25, 0.3) is 0 Å². The van der Waals surface area contributed by atoms with Crippen LogP contribution in [0.2, 0.25) is 5.02 Å². The number of halogens is 1. The fourth-order valence-corrected chi connectivity index (χ4v) is 4.08. The molecule has 3 rings (SSSR count). The number of carbonyl (C=O) groups excluding carboxylic acids is 1. The molecule has 8 nitrogen and oxygen atoms in total. The van der Waals surface area contributed by atoms with Gasteiger partial charge in [0.15, 0.2) is 0 Å². The van der Waals surface area contributed by atoms with E-state index < -0.39 is 12.7 Å². The van der Waals surface area contributed by atoms with Crippen LogP contribution in [0, 0.1) is 6.92 Å². The van der Waals surface area contributed by atoms with E-state index in [0.717, 1.165) is 16.7 Å². The van der Waals surface area contributed by atoms with Gasteiger partial charge >= 0.3 is 0 Å². The van der Waals surface area contributed by atoms with Gasteiger partial charge in [0.2, 0.25) is 5.56 Å². The molecule has 1 heterocycles. The first kappa shape index (κ1) is 26.2. The normalized spacial score (nSPS) is 13.3. The largest absolute Gasteiger partial charge is 0.411 e. The third-order valence-corrected chi connectivity index (χ3v) is 6.06. The minimum Gasteiger partial charge on any atom is -0.411 e. The Morgan fingerprint density at radius 2 is 1.80 bits per heavy atom. The van der Waals surface area contributed by atoms with Crippen molar-refractivity contribution in [2.75, 3.05) is 13.2 Å². The second-order valence-corrected chi connectivity index (χ2v) is 8.78. The Bertz CT molecular complexity index is 1270. The first-order valence-corrected chi connectivity index (χ1v) is 11.4. The van der Waals surface area contributed by atoms with Crippen molar-refractivity contribution in [2.45, 2.75) is 25.4 Å². The molecule has 0 saturated heterocycles. The number of aromatic nitrogens is 1. The van der Waals surface area contributed by atoms with Gasteiger partial charge in [0.1, 0.15) is 0 Å².